The fourth-order valence-electron chi connectivity index (χ4n) is 3.32. The van der Waals surface area contributed by atoms with E-state index >= 15 is 0 Å². The van der Waals surface area contributed by atoms with Crippen molar-refractivity contribution in [1.29, 1.82) is 0 Å². The van der Waals surface area contributed by atoms with E-state index in [1.54, 1.807) is 11.9 Å². The van der Waals surface area contributed by atoms with Crippen LogP contribution in [0.5, 0.6) is 11.5 Å². The van der Waals surface area contributed by atoms with E-state index in [2.05, 4.69) is 9.30 Å². The van der Waals surface area contributed by atoms with E-state index in [0.29, 0.717) is 11.7 Å². The highest BCUT2D eigenvalue weighted by atomic mass is 32.2. The molecule has 25 heavy (non-hydrogen) atoms. The van der Waals surface area contributed by atoms with Crippen LogP contribution < -0.4 is 4.74 Å². The van der Waals surface area contributed by atoms with Crippen LogP contribution in [0.2, 0.25) is 0 Å². The second-order valence-electron chi connectivity index (χ2n) is 6.21. The maximum atomic E-state index is 13.3. The summed E-state index contributed by atoms with van der Waals surface area (Å²) in [6.45, 7) is 2.16. The van der Waals surface area contributed by atoms with Gasteiger partial charge >= 0.3 is 0 Å². The predicted molar refractivity (Wildman–Crippen MR) is 96.3 cm³/mol. The van der Waals surface area contributed by atoms with Crippen molar-refractivity contribution in [3.63, 3.8) is 0 Å². The topological polar surface area (TPSA) is 24.8 Å². The normalized spacial score (nSPS) is 20.0. The number of piperidine rings is 1. The number of rotatable bonds is 3. The number of fused-ring (bicyclic) bond motifs is 1. The lowest BCUT2D eigenvalue weighted by Crippen LogP contribution is -2.42. The summed E-state index contributed by atoms with van der Waals surface area (Å²) in [7, 11) is 0. The second-order valence-corrected chi connectivity index (χ2v) is 7.06. The lowest BCUT2D eigenvalue weighted by Gasteiger charge is -2.37. The van der Waals surface area contributed by atoms with Crippen molar-refractivity contribution in [3.8, 4) is 11.5 Å². The number of hydrogen-bond acceptors (Lipinski definition) is 4. The summed E-state index contributed by atoms with van der Waals surface area (Å²) in [6.07, 6.45) is 2.26. The van der Waals surface area contributed by atoms with Crippen LogP contribution in [-0.4, -0.2) is 29.6 Å². The average molecular weight is 360 g/mol. The molecule has 2 aromatic rings. The second kappa shape index (κ2) is 7.04. The zero-order valence-corrected chi connectivity index (χ0v) is 14.4. The molecule has 0 aliphatic carbocycles. The minimum atomic E-state index is -0.913. The minimum absolute atomic E-state index is 0.281. The summed E-state index contributed by atoms with van der Waals surface area (Å²) in [5.41, 5.74) is 1.21. The lowest BCUT2D eigenvalue weighted by molar-refractivity contribution is 0.371. The average Bonchev–Trinajstić information content (AvgIpc) is 2.65. The molecule has 0 N–H and O–H groups in total. The van der Waals surface area contributed by atoms with Crippen LogP contribution in [0.15, 0.2) is 46.9 Å². The monoisotopic (exact) mass is 360 g/mol. The van der Waals surface area contributed by atoms with Gasteiger partial charge in [-0.3, -0.25) is 0 Å². The Morgan fingerprint density at radius 3 is 2.60 bits per heavy atom. The fraction of sp³-hybridized carbons (Fsp3) is 0.316. The van der Waals surface area contributed by atoms with Crippen molar-refractivity contribution in [2.24, 2.45) is 4.40 Å². The molecule has 6 heteroatoms. The lowest BCUT2D eigenvalue weighted by atomic mass is 9.89. The largest absolute Gasteiger partial charge is 0.457 e. The Bertz CT molecular complexity index is 795. The molecule has 1 saturated heterocycles. The zero-order chi connectivity index (χ0) is 17.2. The first-order valence-electron chi connectivity index (χ1n) is 8.38. The van der Waals surface area contributed by atoms with Crippen molar-refractivity contribution < 1.29 is 13.5 Å². The molecule has 2 aliphatic rings. The van der Waals surface area contributed by atoms with Gasteiger partial charge in [0.2, 0.25) is 0 Å². The molecule has 2 heterocycles. The third kappa shape index (κ3) is 3.49. The number of hydrogen-bond donors (Lipinski definition) is 0. The van der Waals surface area contributed by atoms with Gasteiger partial charge in [0.15, 0.2) is 11.6 Å². The molecule has 1 atom stereocenters. The molecule has 0 amide bonds. The van der Waals surface area contributed by atoms with E-state index in [-0.39, 0.29) is 5.75 Å². The molecule has 0 bridgehead atoms. The van der Waals surface area contributed by atoms with Crippen molar-refractivity contribution in [2.45, 2.75) is 18.8 Å². The van der Waals surface area contributed by atoms with E-state index in [4.69, 9.17) is 4.74 Å². The molecule has 0 spiro atoms. The van der Waals surface area contributed by atoms with Gasteiger partial charge in [-0.1, -0.05) is 12.1 Å². The first kappa shape index (κ1) is 16.4. The van der Waals surface area contributed by atoms with Gasteiger partial charge in [0.05, 0.1) is 0 Å². The van der Waals surface area contributed by atoms with Crippen molar-refractivity contribution in [2.75, 3.05) is 18.8 Å². The smallest absolute Gasteiger partial charge is 0.162 e. The van der Waals surface area contributed by atoms with Gasteiger partial charge in [-0.05, 0) is 54.6 Å². The van der Waals surface area contributed by atoms with Crippen LogP contribution >= 0.6 is 11.9 Å². The zero-order valence-electron chi connectivity index (χ0n) is 13.6. The number of nitrogens with zero attached hydrogens (tertiary/aromatic N) is 2. The Morgan fingerprint density at radius 1 is 1.00 bits per heavy atom. The minimum Gasteiger partial charge on any atom is -0.457 e. The summed E-state index contributed by atoms with van der Waals surface area (Å²) in [4.78, 5) is 2.39. The summed E-state index contributed by atoms with van der Waals surface area (Å²) in [5.74, 6) is 1.64. The maximum Gasteiger partial charge on any atom is 0.162 e. The molecule has 0 aromatic heterocycles. The van der Waals surface area contributed by atoms with Crippen LogP contribution in [-0.2, 0) is 0 Å². The third-order valence-corrected chi connectivity index (χ3v) is 5.26. The van der Waals surface area contributed by atoms with Crippen LogP contribution in [0.25, 0.3) is 0 Å². The molecule has 0 saturated carbocycles. The predicted octanol–water partition coefficient (Wildman–Crippen LogP) is 5.00. The first-order chi connectivity index (χ1) is 12.2. The Morgan fingerprint density at radius 2 is 1.80 bits per heavy atom. The van der Waals surface area contributed by atoms with Gasteiger partial charge < -0.3 is 9.64 Å². The maximum absolute atomic E-state index is 13.3. The fourth-order valence-corrected chi connectivity index (χ4v) is 4.09. The molecule has 4 rings (SSSR count). The Hall–Kier alpha value is -2.08. The molecule has 2 aromatic carbocycles. The summed E-state index contributed by atoms with van der Waals surface area (Å²) >= 11 is 1.64. The van der Waals surface area contributed by atoms with E-state index in [0.717, 1.165) is 37.4 Å². The van der Waals surface area contributed by atoms with Crippen LogP contribution in [0.4, 0.5) is 8.78 Å². The summed E-state index contributed by atoms with van der Waals surface area (Å²) < 4.78 is 36.5. The van der Waals surface area contributed by atoms with Crippen LogP contribution in [0, 0.1) is 11.6 Å². The van der Waals surface area contributed by atoms with Gasteiger partial charge in [-0.25, -0.2) is 13.2 Å². The summed E-state index contributed by atoms with van der Waals surface area (Å²) in [6, 6.07) is 11.3. The summed E-state index contributed by atoms with van der Waals surface area (Å²) in [5, 5.41) is 0. The molecule has 0 unspecified atom stereocenters. The molecular weight excluding hydrogens is 342 g/mol. The van der Waals surface area contributed by atoms with E-state index in [1.165, 1.54) is 23.9 Å². The van der Waals surface area contributed by atoms with Crippen molar-refractivity contribution in [1.82, 2.24) is 4.90 Å². The van der Waals surface area contributed by atoms with Crippen LogP contribution in [0.3, 0.4) is 0 Å². The molecule has 0 radical (unpaired) electrons. The Labute approximate surface area is 149 Å². The van der Waals surface area contributed by atoms with E-state index in [1.807, 2.05) is 24.3 Å². The molecular formula is C19H18F2N2OS. The van der Waals surface area contributed by atoms with E-state index < -0.39 is 11.6 Å². The van der Waals surface area contributed by atoms with Gasteiger partial charge in [-0.15, -0.1) is 0 Å². The first-order valence-corrected chi connectivity index (χ1v) is 9.32. The highest BCUT2D eigenvalue weighted by Crippen LogP contribution is 2.34. The molecule has 1 fully saturated rings. The SMILES string of the molecule is Fc1ccc(Oc2ccc([C@@H]3CCCN4CCSN=C34)cc2)cc1F. The van der Waals surface area contributed by atoms with Gasteiger partial charge in [0.1, 0.15) is 17.3 Å². The molecule has 130 valence electrons. The number of ether oxygens (including phenoxy) is 1. The number of amidine groups is 1. The highest BCUT2D eigenvalue weighted by molar-refractivity contribution is 7.98. The number of benzene rings is 2. The van der Waals surface area contributed by atoms with Crippen molar-refractivity contribution in [3.05, 3.63) is 59.7 Å². The van der Waals surface area contributed by atoms with Gasteiger partial charge in [0.25, 0.3) is 0 Å². The highest BCUT2D eigenvalue weighted by Gasteiger charge is 2.29. The Kier molecular flexibility index (Phi) is 4.61. The van der Waals surface area contributed by atoms with E-state index in [9.17, 15) is 8.78 Å². The standard InChI is InChI=1S/C19H18F2N2OS/c20-17-8-7-15(12-18(17)21)24-14-5-3-13(4-6-14)16-2-1-9-23-10-11-25-22-19(16)23/h3-8,12,16H,1-2,9-11H2/t16-/m0/s1. The third-order valence-electron chi connectivity index (χ3n) is 4.58. The number of halogens is 2. The van der Waals surface area contributed by atoms with Crippen molar-refractivity contribution >= 4 is 17.8 Å². The quantitative estimate of drug-likeness (QED) is 0.721. The van der Waals surface area contributed by atoms with Gasteiger partial charge in [0, 0.05) is 30.8 Å². The van der Waals surface area contributed by atoms with Gasteiger partial charge in [-0.2, -0.15) is 0 Å². The Balaban J connectivity index is 1.51. The molecule has 2 aliphatic heterocycles. The van der Waals surface area contributed by atoms with Crippen LogP contribution in [0.1, 0.15) is 24.3 Å². The molecule has 3 nitrogen and oxygen atoms in total.